The Morgan fingerprint density at radius 2 is 1.68 bits per heavy atom. The molecule has 0 saturated carbocycles. The average molecular weight is 593 g/mol. The summed E-state index contributed by atoms with van der Waals surface area (Å²) in [7, 11) is -8.54. The van der Waals surface area contributed by atoms with Crippen molar-refractivity contribution in [3.05, 3.63) is 78.6 Å². The van der Waals surface area contributed by atoms with E-state index >= 15 is 0 Å². The highest BCUT2D eigenvalue weighted by Crippen LogP contribution is 2.30. The number of hydrogen-bond donors (Lipinski definition) is 5. The number of aliphatic hydroxyl groups is 1. The minimum Gasteiger partial charge on any atom is -0.506 e. The third kappa shape index (κ3) is 8.14. The van der Waals surface area contributed by atoms with Gasteiger partial charge in [-0.05, 0) is 48.2 Å². The van der Waals surface area contributed by atoms with Crippen molar-refractivity contribution < 1.29 is 36.9 Å². The van der Waals surface area contributed by atoms with Gasteiger partial charge in [-0.15, -0.1) is 0 Å². The SMILES string of the molecule is CC(C)CN(C[C@@H](O)[C@H](Cc1ccccc1)NC(=O)O)S(=O)(=O)c1ccc(O)c(NS(=O)(=O)c2cccnc2)c1. The fourth-order valence-corrected chi connectivity index (χ4v) is 6.62. The summed E-state index contributed by atoms with van der Waals surface area (Å²) in [5.41, 5.74) is 0.368. The highest BCUT2D eigenvalue weighted by Gasteiger charge is 2.32. The molecule has 0 radical (unpaired) electrons. The normalized spacial score (nSPS) is 13.6. The van der Waals surface area contributed by atoms with Gasteiger partial charge in [0.1, 0.15) is 10.6 Å². The molecule has 0 bridgehead atoms. The molecular formula is C26H32N4O8S2. The number of aromatic nitrogens is 1. The van der Waals surface area contributed by atoms with Gasteiger partial charge in [0.15, 0.2) is 0 Å². The van der Waals surface area contributed by atoms with Gasteiger partial charge in [-0.3, -0.25) is 9.71 Å². The van der Waals surface area contributed by atoms with Gasteiger partial charge in [0, 0.05) is 25.5 Å². The van der Waals surface area contributed by atoms with Crippen molar-refractivity contribution in [3.8, 4) is 5.75 Å². The number of phenolic OH excluding ortho intramolecular Hbond substituents is 1. The van der Waals surface area contributed by atoms with Crippen molar-refractivity contribution in [2.45, 2.75) is 42.2 Å². The zero-order valence-electron chi connectivity index (χ0n) is 21.9. The van der Waals surface area contributed by atoms with E-state index in [4.69, 9.17) is 0 Å². The Hall–Kier alpha value is -3.72. The number of rotatable bonds is 13. The van der Waals surface area contributed by atoms with E-state index in [1.807, 2.05) is 0 Å². The third-order valence-electron chi connectivity index (χ3n) is 5.83. The summed E-state index contributed by atoms with van der Waals surface area (Å²) in [6, 6.07) is 13.7. The Morgan fingerprint density at radius 3 is 2.27 bits per heavy atom. The first-order chi connectivity index (χ1) is 18.8. The van der Waals surface area contributed by atoms with Crippen LogP contribution in [0.3, 0.4) is 0 Å². The van der Waals surface area contributed by atoms with E-state index < -0.39 is 50.6 Å². The lowest BCUT2D eigenvalue weighted by Crippen LogP contribution is -2.50. The molecule has 1 heterocycles. The average Bonchev–Trinajstić information content (AvgIpc) is 2.89. The first-order valence-corrected chi connectivity index (χ1v) is 15.2. The Bertz CT molecular complexity index is 1500. The predicted octanol–water partition coefficient (Wildman–Crippen LogP) is 2.47. The van der Waals surface area contributed by atoms with Gasteiger partial charge in [-0.2, -0.15) is 4.31 Å². The summed E-state index contributed by atoms with van der Waals surface area (Å²) in [4.78, 5) is 14.7. The summed E-state index contributed by atoms with van der Waals surface area (Å²) in [5.74, 6) is -0.682. The zero-order chi connectivity index (χ0) is 29.5. The topological polar surface area (TPSA) is 186 Å². The number of hydrogen-bond acceptors (Lipinski definition) is 8. The van der Waals surface area contributed by atoms with Crippen LogP contribution in [0.2, 0.25) is 0 Å². The molecule has 2 atom stereocenters. The number of carboxylic acid groups (broad SMARTS) is 1. The quantitative estimate of drug-likeness (QED) is 0.186. The number of sulfonamides is 2. The standard InChI is InChI=1S/C26H32N4O8S2/c1-18(2)16-30(17-25(32)22(28-26(33)34)13-19-7-4-3-5-8-19)40(37,38)20-10-11-24(31)23(14-20)29-39(35,36)21-9-6-12-27-15-21/h3-12,14-15,18,22,25,28-29,31-32H,13,16-17H2,1-2H3,(H,33,34)/t22-,25+/m0/s1. The van der Waals surface area contributed by atoms with Crippen LogP contribution >= 0.6 is 0 Å². The maximum absolute atomic E-state index is 13.7. The fourth-order valence-electron chi connectivity index (χ4n) is 3.94. The van der Waals surface area contributed by atoms with Crippen molar-refractivity contribution in [1.82, 2.24) is 14.6 Å². The maximum atomic E-state index is 13.7. The number of aliphatic hydroxyl groups excluding tert-OH is 1. The van der Waals surface area contributed by atoms with E-state index in [0.717, 1.165) is 34.3 Å². The summed E-state index contributed by atoms with van der Waals surface area (Å²) in [5, 5.41) is 32.9. The Balaban J connectivity index is 1.92. The van der Waals surface area contributed by atoms with Gasteiger partial charge >= 0.3 is 6.09 Å². The molecule has 40 heavy (non-hydrogen) atoms. The molecule has 0 saturated heterocycles. The van der Waals surface area contributed by atoms with Crippen LogP contribution in [0, 0.1) is 5.92 Å². The molecule has 3 rings (SSSR count). The number of pyridine rings is 1. The Labute approximate surface area is 233 Å². The van der Waals surface area contributed by atoms with Crippen molar-refractivity contribution in [1.29, 1.82) is 0 Å². The van der Waals surface area contributed by atoms with Gasteiger partial charge in [-0.1, -0.05) is 44.2 Å². The summed E-state index contributed by atoms with van der Waals surface area (Å²) >= 11 is 0. The first kappa shape index (κ1) is 30.8. The van der Waals surface area contributed by atoms with E-state index in [2.05, 4.69) is 15.0 Å². The molecule has 5 N–H and O–H groups in total. The molecule has 0 aliphatic rings. The van der Waals surface area contributed by atoms with Crippen LogP contribution in [0.1, 0.15) is 19.4 Å². The summed E-state index contributed by atoms with van der Waals surface area (Å²) in [6.07, 6.45) is -0.197. The molecule has 216 valence electrons. The lowest BCUT2D eigenvalue weighted by molar-refractivity contribution is 0.0980. The van der Waals surface area contributed by atoms with Crippen LogP contribution in [0.5, 0.6) is 5.75 Å². The second-order valence-corrected chi connectivity index (χ2v) is 13.1. The van der Waals surface area contributed by atoms with Gasteiger partial charge in [0.25, 0.3) is 10.0 Å². The van der Waals surface area contributed by atoms with Crippen LogP contribution in [0.4, 0.5) is 10.5 Å². The van der Waals surface area contributed by atoms with E-state index in [9.17, 15) is 36.9 Å². The minimum absolute atomic E-state index is 0.0257. The van der Waals surface area contributed by atoms with Crippen LogP contribution < -0.4 is 10.0 Å². The number of nitrogens with zero attached hydrogens (tertiary/aromatic N) is 2. The molecule has 0 fully saturated rings. The summed E-state index contributed by atoms with van der Waals surface area (Å²) in [6.45, 7) is 3.07. The smallest absolute Gasteiger partial charge is 0.404 e. The zero-order valence-corrected chi connectivity index (χ0v) is 23.5. The number of nitrogens with one attached hydrogen (secondary N) is 2. The second-order valence-electron chi connectivity index (χ2n) is 9.50. The Kier molecular flexibility index (Phi) is 10.1. The number of phenols is 1. The van der Waals surface area contributed by atoms with Crippen LogP contribution in [0.25, 0.3) is 0 Å². The third-order valence-corrected chi connectivity index (χ3v) is 9.00. The van der Waals surface area contributed by atoms with Gasteiger partial charge < -0.3 is 20.6 Å². The lowest BCUT2D eigenvalue weighted by atomic mass is 10.0. The molecule has 0 spiro atoms. The minimum atomic E-state index is -4.35. The highest BCUT2D eigenvalue weighted by molar-refractivity contribution is 7.92. The molecule has 2 aromatic carbocycles. The number of benzene rings is 2. The second kappa shape index (κ2) is 13.1. The van der Waals surface area contributed by atoms with Crippen LogP contribution in [-0.4, -0.2) is 72.8 Å². The molecule has 0 unspecified atom stereocenters. The number of anilines is 1. The van der Waals surface area contributed by atoms with Crippen molar-refractivity contribution >= 4 is 31.8 Å². The first-order valence-electron chi connectivity index (χ1n) is 12.3. The molecule has 14 heteroatoms. The molecule has 0 aliphatic heterocycles. The van der Waals surface area contributed by atoms with Crippen molar-refractivity contribution in [3.63, 3.8) is 0 Å². The highest BCUT2D eigenvalue weighted by atomic mass is 32.2. The summed E-state index contributed by atoms with van der Waals surface area (Å²) < 4.78 is 56.1. The monoisotopic (exact) mass is 592 g/mol. The molecule has 3 aromatic rings. The number of aromatic hydroxyl groups is 1. The van der Waals surface area contributed by atoms with Crippen molar-refractivity contribution in [2.75, 3.05) is 17.8 Å². The van der Waals surface area contributed by atoms with Gasteiger partial charge in [0.2, 0.25) is 10.0 Å². The van der Waals surface area contributed by atoms with Crippen LogP contribution in [0.15, 0.2) is 82.8 Å². The largest absolute Gasteiger partial charge is 0.506 e. The number of amides is 1. The predicted molar refractivity (Wildman–Crippen MR) is 148 cm³/mol. The fraction of sp³-hybridized carbons (Fsp3) is 0.308. The molecular weight excluding hydrogens is 560 g/mol. The molecule has 0 aliphatic carbocycles. The van der Waals surface area contributed by atoms with E-state index in [-0.39, 0.29) is 34.4 Å². The number of carbonyl (C=O) groups is 1. The molecule has 1 aromatic heterocycles. The molecule has 1 amide bonds. The van der Waals surface area contributed by atoms with Gasteiger partial charge in [0.05, 0.1) is 22.7 Å². The van der Waals surface area contributed by atoms with E-state index in [1.54, 1.807) is 44.2 Å². The maximum Gasteiger partial charge on any atom is 0.404 e. The van der Waals surface area contributed by atoms with Crippen molar-refractivity contribution in [2.24, 2.45) is 5.92 Å². The van der Waals surface area contributed by atoms with Crippen LogP contribution in [-0.2, 0) is 26.5 Å². The lowest BCUT2D eigenvalue weighted by Gasteiger charge is -2.30. The van der Waals surface area contributed by atoms with Gasteiger partial charge in [-0.25, -0.2) is 21.6 Å². The van der Waals surface area contributed by atoms with E-state index in [0.29, 0.717) is 0 Å². The Morgan fingerprint density at radius 1 is 0.975 bits per heavy atom. The van der Waals surface area contributed by atoms with E-state index in [1.165, 1.54) is 18.3 Å². The molecule has 12 nitrogen and oxygen atoms in total.